The van der Waals surface area contributed by atoms with E-state index in [0.29, 0.717) is 5.69 Å². The van der Waals surface area contributed by atoms with Crippen molar-refractivity contribution < 1.29 is 8.42 Å². The Morgan fingerprint density at radius 3 is 2.24 bits per heavy atom. The minimum Gasteiger partial charge on any atom is -0.285 e. The zero-order valence-corrected chi connectivity index (χ0v) is 19.2. The molecule has 8 heteroatoms. The van der Waals surface area contributed by atoms with Gasteiger partial charge >= 0.3 is 0 Å². The first-order valence-electron chi connectivity index (χ1n) is 9.25. The molecule has 154 valence electrons. The van der Waals surface area contributed by atoms with Gasteiger partial charge < -0.3 is 0 Å². The van der Waals surface area contributed by atoms with E-state index in [9.17, 15) is 13.2 Å². The van der Waals surface area contributed by atoms with Crippen LogP contribution in [0, 0.1) is 6.92 Å². The summed E-state index contributed by atoms with van der Waals surface area (Å²) in [6.45, 7) is 6.07. The van der Waals surface area contributed by atoms with Gasteiger partial charge in [0.2, 0.25) is 10.0 Å². The minimum atomic E-state index is -3.68. The maximum atomic E-state index is 12.8. The normalized spacial score (nSPS) is 11.9. The average molecular weight is 478 g/mol. The molecule has 0 atom stereocenters. The third-order valence-electron chi connectivity index (χ3n) is 4.98. The van der Waals surface area contributed by atoms with Crippen LogP contribution in [0.15, 0.2) is 62.7 Å². The Morgan fingerprint density at radius 1 is 1.07 bits per heavy atom. The van der Waals surface area contributed by atoms with Crippen LogP contribution in [0.25, 0.3) is 5.69 Å². The van der Waals surface area contributed by atoms with Crippen LogP contribution in [0.4, 0.5) is 0 Å². The monoisotopic (exact) mass is 477 g/mol. The molecule has 1 heterocycles. The van der Waals surface area contributed by atoms with Crippen molar-refractivity contribution in [3.05, 3.63) is 80.2 Å². The lowest BCUT2D eigenvalue weighted by molar-refractivity contribution is 0.581. The molecule has 6 nitrogen and oxygen atoms in total. The summed E-state index contributed by atoms with van der Waals surface area (Å²) in [5.74, 6) is 0.108. The van der Waals surface area contributed by atoms with Crippen molar-refractivity contribution in [1.82, 2.24) is 14.1 Å². The summed E-state index contributed by atoms with van der Waals surface area (Å²) < 4.78 is 32.1. The lowest BCUT2D eigenvalue weighted by atomic mass is 10.0. The number of nitrogens with zero attached hydrogens (tertiary/aromatic N) is 2. The van der Waals surface area contributed by atoms with Crippen molar-refractivity contribution in [2.75, 3.05) is 0 Å². The predicted molar refractivity (Wildman–Crippen MR) is 118 cm³/mol. The first-order valence-corrected chi connectivity index (χ1v) is 11.5. The molecule has 0 amide bonds. The summed E-state index contributed by atoms with van der Waals surface area (Å²) in [7, 11) is -1.85. The lowest BCUT2D eigenvalue weighted by Crippen LogP contribution is -2.24. The first-order chi connectivity index (χ1) is 13.6. The Kier molecular flexibility index (Phi) is 6.16. The lowest BCUT2D eigenvalue weighted by Gasteiger charge is -2.11. The quantitative estimate of drug-likeness (QED) is 0.585. The molecule has 0 spiro atoms. The van der Waals surface area contributed by atoms with Gasteiger partial charge in [0.1, 0.15) is 0 Å². The zero-order valence-electron chi connectivity index (χ0n) is 16.8. The smallest absolute Gasteiger partial charge is 0.275 e. The van der Waals surface area contributed by atoms with E-state index in [4.69, 9.17) is 0 Å². The van der Waals surface area contributed by atoms with E-state index < -0.39 is 10.0 Å². The molecule has 3 rings (SSSR count). The highest BCUT2D eigenvalue weighted by Gasteiger charge is 2.19. The number of aromatic nitrogens is 2. The summed E-state index contributed by atoms with van der Waals surface area (Å²) in [5.41, 5.74) is 3.05. The first kappa shape index (κ1) is 21.5. The van der Waals surface area contributed by atoms with E-state index in [2.05, 4.69) is 20.7 Å². The van der Waals surface area contributed by atoms with Crippen molar-refractivity contribution in [2.45, 2.75) is 38.1 Å². The van der Waals surface area contributed by atoms with Gasteiger partial charge in [-0.3, -0.25) is 9.48 Å². The van der Waals surface area contributed by atoms with Gasteiger partial charge in [0.25, 0.3) is 5.56 Å². The molecule has 29 heavy (non-hydrogen) atoms. The molecule has 0 saturated heterocycles. The average Bonchev–Trinajstić information content (AvgIpc) is 2.90. The highest BCUT2D eigenvalue weighted by Crippen LogP contribution is 2.20. The van der Waals surface area contributed by atoms with Gasteiger partial charge in [-0.1, -0.05) is 48.0 Å². The molecule has 0 aliphatic carbocycles. The van der Waals surface area contributed by atoms with Gasteiger partial charge in [0.15, 0.2) is 0 Å². The molecule has 0 unspecified atom stereocenters. The highest BCUT2D eigenvalue weighted by atomic mass is 79.9. The molecule has 0 radical (unpaired) electrons. The molecule has 0 aliphatic heterocycles. The Bertz CT molecular complexity index is 1190. The molecule has 1 N–H and O–H groups in total. The van der Waals surface area contributed by atoms with E-state index in [1.807, 2.05) is 52.1 Å². The van der Waals surface area contributed by atoms with E-state index in [1.54, 1.807) is 21.5 Å². The third-order valence-corrected chi connectivity index (χ3v) is 7.17. The number of nitrogens with one attached hydrogen (secondary N) is 1. The summed E-state index contributed by atoms with van der Waals surface area (Å²) in [5, 5.41) is 0. The van der Waals surface area contributed by atoms with Crippen molar-refractivity contribution in [2.24, 2.45) is 7.05 Å². The van der Waals surface area contributed by atoms with Crippen LogP contribution >= 0.6 is 15.9 Å². The molecule has 1 aromatic heterocycles. The van der Waals surface area contributed by atoms with E-state index >= 15 is 0 Å². The van der Waals surface area contributed by atoms with Crippen molar-refractivity contribution in [3.63, 3.8) is 0 Å². The van der Waals surface area contributed by atoms with E-state index in [-0.39, 0.29) is 22.9 Å². The van der Waals surface area contributed by atoms with E-state index in [1.165, 1.54) is 12.1 Å². The number of hydrogen-bond acceptors (Lipinski definition) is 3. The predicted octanol–water partition coefficient (Wildman–Crippen LogP) is 3.85. The summed E-state index contributed by atoms with van der Waals surface area (Å²) in [6, 6.07) is 13.8. The molecule has 3 aromatic rings. The summed E-state index contributed by atoms with van der Waals surface area (Å²) in [4.78, 5) is 13.0. The Labute approximate surface area is 179 Å². The Balaban J connectivity index is 1.88. The molecule has 0 bridgehead atoms. The van der Waals surface area contributed by atoms with Crippen molar-refractivity contribution >= 4 is 26.0 Å². The molecule has 0 fully saturated rings. The van der Waals surface area contributed by atoms with Crippen LogP contribution in [0.5, 0.6) is 0 Å². The summed E-state index contributed by atoms with van der Waals surface area (Å²) in [6.07, 6.45) is 0. The maximum Gasteiger partial charge on any atom is 0.275 e. The third kappa shape index (κ3) is 4.24. The standard InChI is InChI=1S/C21H24BrN3O3S/c1-14(2)20-15(3)24(4)25(21(20)26)17-9-11-18(12-10-17)29(27,28)23-13-16-7-5-6-8-19(16)22/h5-12,14,23H,13H2,1-4H3. The van der Waals surface area contributed by atoms with Crippen LogP contribution in [0.2, 0.25) is 0 Å². The number of sulfonamides is 1. The number of hydrogen-bond donors (Lipinski definition) is 1. The number of benzene rings is 2. The fourth-order valence-corrected chi connectivity index (χ4v) is 4.78. The minimum absolute atomic E-state index is 0.0809. The van der Waals surface area contributed by atoms with Crippen LogP contribution in [-0.4, -0.2) is 17.8 Å². The SMILES string of the molecule is Cc1c(C(C)C)c(=O)n(-c2ccc(S(=O)(=O)NCc3ccccc3Br)cc2)n1C. The second-order valence-electron chi connectivity index (χ2n) is 7.20. The van der Waals surface area contributed by atoms with Gasteiger partial charge in [-0.25, -0.2) is 17.8 Å². The van der Waals surface area contributed by atoms with Crippen LogP contribution in [-0.2, 0) is 23.6 Å². The van der Waals surface area contributed by atoms with Gasteiger partial charge in [0, 0.05) is 29.3 Å². The van der Waals surface area contributed by atoms with Gasteiger partial charge in [-0.2, -0.15) is 0 Å². The number of rotatable bonds is 6. The van der Waals surface area contributed by atoms with Crippen LogP contribution < -0.4 is 10.3 Å². The second kappa shape index (κ2) is 8.30. The molecule has 2 aromatic carbocycles. The van der Waals surface area contributed by atoms with Crippen LogP contribution in [0.1, 0.15) is 36.6 Å². The van der Waals surface area contributed by atoms with Gasteiger partial charge in [-0.15, -0.1) is 0 Å². The van der Waals surface area contributed by atoms with Crippen molar-refractivity contribution in [1.29, 1.82) is 0 Å². The number of halogens is 1. The molecule has 0 saturated carbocycles. The van der Waals surface area contributed by atoms with Gasteiger partial charge in [-0.05, 0) is 48.7 Å². The van der Waals surface area contributed by atoms with Crippen LogP contribution in [0.3, 0.4) is 0 Å². The molecular weight excluding hydrogens is 454 g/mol. The van der Waals surface area contributed by atoms with E-state index in [0.717, 1.165) is 21.3 Å². The Morgan fingerprint density at radius 2 is 1.69 bits per heavy atom. The second-order valence-corrected chi connectivity index (χ2v) is 9.83. The Hall–Kier alpha value is -2.16. The zero-order chi connectivity index (χ0) is 21.3. The van der Waals surface area contributed by atoms with Crippen molar-refractivity contribution in [3.8, 4) is 5.69 Å². The maximum absolute atomic E-state index is 12.8. The topological polar surface area (TPSA) is 73.1 Å². The molecule has 0 aliphatic rings. The molecular formula is C21H24BrN3O3S. The van der Waals surface area contributed by atoms with Gasteiger partial charge in [0.05, 0.1) is 10.6 Å². The largest absolute Gasteiger partial charge is 0.285 e. The fraction of sp³-hybridized carbons (Fsp3) is 0.286. The highest BCUT2D eigenvalue weighted by molar-refractivity contribution is 9.10. The summed E-state index contributed by atoms with van der Waals surface area (Å²) >= 11 is 3.42. The fourth-order valence-electron chi connectivity index (χ4n) is 3.35.